The first kappa shape index (κ1) is 19.4. The highest BCUT2D eigenvalue weighted by molar-refractivity contribution is 5.91. The summed E-state index contributed by atoms with van der Waals surface area (Å²) in [5, 5.41) is 0. The molecule has 0 atom stereocenters. The third kappa shape index (κ3) is 6.20. The first-order valence-corrected chi connectivity index (χ1v) is 8.88. The van der Waals surface area contributed by atoms with Gasteiger partial charge in [-0.15, -0.1) is 0 Å². The summed E-state index contributed by atoms with van der Waals surface area (Å²) in [6.07, 6.45) is 7.00. The Hall–Kier alpha value is -2.88. The number of benzene rings is 2. The molecule has 0 spiro atoms. The Balaban J connectivity index is 1.88. The molecular weight excluding hydrogens is 328 g/mol. The quantitative estimate of drug-likeness (QED) is 0.272. The third-order valence-corrected chi connectivity index (χ3v) is 3.93. The Morgan fingerprint density at radius 1 is 0.885 bits per heavy atom. The van der Waals surface area contributed by atoms with E-state index in [1.54, 1.807) is 36.4 Å². The number of rotatable bonds is 9. The van der Waals surface area contributed by atoms with Gasteiger partial charge in [-0.2, -0.15) is 0 Å². The van der Waals surface area contributed by atoms with Crippen LogP contribution in [0.25, 0.3) is 0 Å². The molecule has 0 fully saturated rings. The second kappa shape index (κ2) is 10.2. The maximum absolute atomic E-state index is 12.2. The molecule has 2 aromatic rings. The van der Waals surface area contributed by atoms with E-state index < -0.39 is 11.9 Å². The smallest absolute Gasteiger partial charge is 0.343 e. The molecule has 4 nitrogen and oxygen atoms in total. The minimum atomic E-state index is -0.537. The second-order valence-electron chi connectivity index (χ2n) is 5.99. The number of hydrogen-bond donors (Lipinski definition) is 0. The fraction of sp³-hybridized carbons (Fsp3) is 0.273. The zero-order valence-electron chi connectivity index (χ0n) is 15.1. The van der Waals surface area contributed by atoms with Crippen LogP contribution in [0, 0.1) is 0 Å². The Kier molecular flexibility index (Phi) is 7.62. The average molecular weight is 352 g/mol. The van der Waals surface area contributed by atoms with E-state index in [-0.39, 0.29) is 0 Å². The lowest BCUT2D eigenvalue weighted by Gasteiger charge is -2.07. The number of esters is 2. The standard InChI is InChI=1S/C22H24O4/c1-3-5-6-7-8-17-9-11-18(12-10-17)22(24)26-20-15-13-19(14-16-20)25-21(23)4-2/h4,9-16H,2-3,5-8H2,1H3. The van der Waals surface area contributed by atoms with E-state index in [2.05, 4.69) is 13.5 Å². The number of ether oxygens (including phenoxy) is 2. The lowest BCUT2D eigenvalue weighted by atomic mass is 10.0. The van der Waals surface area contributed by atoms with Crippen molar-refractivity contribution in [3.8, 4) is 11.5 Å². The van der Waals surface area contributed by atoms with E-state index >= 15 is 0 Å². The maximum atomic E-state index is 12.2. The predicted octanol–water partition coefficient (Wildman–Crippen LogP) is 5.12. The fourth-order valence-corrected chi connectivity index (χ4v) is 2.46. The summed E-state index contributed by atoms with van der Waals surface area (Å²) >= 11 is 0. The zero-order valence-corrected chi connectivity index (χ0v) is 15.1. The molecule has 136 valence electrons. The summed E-state index contributed by atoms with van der Waals surface area (Å²) in [5.41, 5.74) is 1.73. The van der Waals surface area contributed by atoms with Gasteiger partial charge in [-0.05, 0) is 54.8 Å². The highest BCUT2D eigenvalue weighted by Gasteiger charge is 2.09. The van der Waals surface area contributed by atoms with E-state index in [0.717, 1.165) is 12.5 Å². The van der Waals surface area contributed by atoms with E-state index in [1.807, 2.05) is 12.1 Å². The molecule has 0 bridgehead atoms. The van der Waals surface area contributed by atoms with Gasteiger partial charge in [0.2, 0.25) is 0 Å². The Bertz CT molecular complexity index is 730. The predicted molar refractivity (Wildman–Crippen MR) is 102 cm³/mol. The normalized spacial score (nSPS) is 10.2. The molecular formula is C22H24O4. The van der Waals surface area contributed by atoms with Gasteiger partial charge in [0, 0.05) is 6.08 Å². The number of hydrogen-bond acceptors (Lipinski definition) is 4. The molecule has 2 rings (SSSR count). The van der Waals surface area contributed by atoms with Crippen LogP contribution < -0.4 is 9.47 Å². The van der Waals surface area contributed by atoms with Crippen LogP contribution in [0.4, 0.5) is 0 Å². The van der Waals surface area contributed by atoms with Gasteiger partial charge in [-0.25, -0.2) is 9.59 Å². The molecule has 0 unspecified atom stereocenters. The minimum absolute atomic E-state index is 0.363. The largest absolute Gasteiger partial charge is 0.423 e. The lowest BCUT2D eigenvalue weighted by Crippen LogP contribution is -2.08. The van der Waals surface area contributed by atoms with Gasteiger partial charge < -0.3 is 9.47 Å². The zero-order chi connectivity index (χ0) is 18.8. The van der Waals surface area contributed by atoms with Gasteiger partial charge in [-0.3, -0.25) is 0 Å². The van der Waals surface area contributed by atoms with Crippen molar-refractivity contribution in [2.24, 2.45) is 0 Å². The molecule has 0 aliphatic heterocycles. The Morgan fingerprint density at radius 3 is 2.08 bits per heavy atom. The number of aryl methyl sites for hydroxylation is 1. The second-order valence-corrected chi connectivity index (χ2v) is 5.99. The van der Waals surface area contributed by atoms with E-state index in [9.17, 15) is 9.59 Å². The van der Waals surface area contributed by atoms with Crippen molar-refractivity contribution in [1.82, 2.24) is 0 Å². The van der Waals surface area contributed by atoms with Crippen molar-refractivity contribution in [3.63, 3.8) is 0 Å². The highest BCUT2D eigenvalue weighted by atomic mass is 16.5. The van der Waals surface area contributed by atoms with Gasteiger partial charge in [0.25, 0.3) is 0 Å². The molecule has 0 heterocycles. The van der Waals surface area contributed by atoms with Gasteiger partial charge in [-0.1, -0.05) is 44.9 Å². The van der Waals surface area contributed by atoms with Crippen LogP contribution in [-0.2, 0) is 11.2 Å². The van der Waals surface area contributed by atoms with E-state index in [0.29, 0.717) is 17.1 Å². The number of carbonyl (C=O) groups excluding carboxylic acids is 2. The minimum Gasteiger partial charge on any atom is -0.423 e. The van der Waals surface area contributed by atoms with Crippen LogP contribution in [0.2, 0.25) is 0 Å². The molecule has 0 aromatic heterocycles. The van der Waals surface area contributed by atoms with Crippen LogP contribution >= 0.6 is 0 Å². The average Bonchev–Trinajstić information content (AvgIpc) is 2.67. The van der Waals surface area contributed by atoms with Crippen molar-refractivity contribution in [2.75, 3.05) is 0 Å². The molecule has 0 aliphatic carbocycles. The molecule has 0 saturated carbocycles. The molecule has 0 radical (unpaired) electrons. The SMILES string of the molecule is C=CC(=O)Oc1ccc(OC(=O)c2ccc(CCCCCC)cc2)cc1. The van der Waals surface area contributed by atoms with Crippen LogP contribution in [0.1, 0.15) is 48.5 Å². The van der Waals surface area contributed by atoms with Gasteiger partial charge in [0.15, 0.2) is 0 Å². The highest BCUT2D eigenvalue weighted by Crippen LogP contribution is 2.19. The van der Waals surface area contributed by atoms with Crippen LogP contribution in [0.15, 0.2) is 61.2 Å². The maximum Gasteiger partial charge on any atom is 0.343 e. The summed E-state index contributed by atoms with van der Waals surface area (Å²) in [6, 6.07) is 13.8. The summed E-state index contributed by atoms with van der Waals surface area (Å²) in [7, 11) is 0. The fourth-order valence-electron chi connectivity index (χ4n) is 2.46. The van der Waals surface area contributed by atoms with Crippen molar-refractivity contribution < 1.29 is 19.1 Å². The molecule has 4 heteroatoms. The topological polar surface area (TPSA) is 52.6 Å². The number of unbranched alkanes of at least 4 members (excludes halogenated alkanes) is 3. The monoisotopic (exact) mass is 352 g/mol. The lowest BCUT2D eigenvalue weighted by molar-refractivity contribution is -0.128. The van der Waals surface area contributed by atoms with Crippen LogP contribution in [0.5, 0.6) is 11.5 Å². The van der Waals surface area contributed by atoms with E-state index in [1.165, 1.54) is 31.2 Å². The summed E-state index contributed by atoms with van der Waals surface area (Å²) in [4.78, 5) is 23.3. The summed E-state index contributed by atoms with van der Waals surface area (Å²) in [6.45, 7) is 5.53. The van der Waals surface area contributed by atoms with Crippen molar-refractivity contribution >= 4 is 11.9 Å². The first-order chi connectivity index (χ1) is 12.6. The van der Waals surface area contributed by atoms with E-state index in [4.69, 9.17) is 9.47 Å². The molecule has 0 N–H and O–H groups in total. The van der Waals surface area contributed by atoms with Gasteiger partial charge in [0.05, 0.1) is 5.56 Å². The number of carbonyl (C=O) groups is 2. The Morgan fingerprint density at radius 2 is 1.50 bits per heavy atom. The van der Waals surface area contributed by atoms with Crippen LogP contribution in [-0.4, -0.2) is 11.9 Å². The Labute approximate surface area is 154 Å². The van der Waals surface area contributed by atoms with Gasteiger partial charge in [0.1, 0.15) is 11.5 Å². The third-order valence-electron chi connectivity index (χ3n) is 3.93. The molecule has 26 heavy (non-hydrogen) atoms. The van der Waals surface area contributed by atoms with Gasteiger partial charge >= 0.3 is 11.9 Å². The molecule has 2 aromatic carbocycles. The molecule has 0 amide bonds. The summed E-state index contributed by atoms with van der Waals surface area (Å²) < 4.78 is 10.3. The van der Waals surface area contributed by atoms with Crippen molar-refractivity contribution in [2.45, 2.75) is 39.0 Å². The van der Waals surface area contributed by atoms with Crippen molar-refractivity contribution in [1.29, 1.82) is 0 Å². The summed E-state index contributed by atoms with van der Waals surface area (Å²) in [5.74, 6) is -0.206. The first-order valence-electron chi connectivity index (χ1n) is 8.88. The molecule has 0 aliphatic rings. The van der Waals surface area contributed by atoms with Crippen molar-refractivity contribution in [3.05, 3.63) is 72.3 Å². The molecule has 0 saturated heterocycles. The van der Waals surface area contributed by atoms with Crippen LogP contribution in [0.3, 0.4) is 0 Å².